The fourth-order valence-electron chi connectivity index (χ4n) is 1.19. The molecule has 0 aliphatic heterocycles. The van der Waals surface area contributed by atoms with Crippen molar-refractivity contribution in [2.24, 2.45) is 0 Å². The van der Waals surface area contributed by atoms with Crippen molar-refractivity contribution in [1.29, 1.82) is 0 Å². The minimum absolute atomic E-state index is 0.104. The Kier molecular flexibility index (Phi) is 4.05. The summed E-state index contributed by atoms with van der Waals surface area (Å²) in [6, 6.07) is 4.86. The Bertz CT molecular complexity index is 366. The van der Waals surface area contributed by atoms with Gasteiger partial charge in [0.2, 0.25) is 0 Å². The van der Waals surface area contributed by atoms with Crippen LogP contribution in [0, 0.1) is 10.1 Å². The smallest absolute Gasteiger partial charge is 0.273 e. The van der Waals surface area contributed by atoms with Crippen LogP contribution < -0.4 is 5.32 Å². The van der Waals surface area contributed by atoms with Gasteiger partial charge in [-0.15, -0.1) is 0 Å². The van der Waals surface area contributed by atoms with Crippen LogP contribution in [0.3, 0.4) is 0 Å². The van der Waals surface area contributed by atoms with Crippen LogP contribution in [0.4, 0.5) is 5.69 Å². The zero-order valence-corrected chi connectivity index (χ0v) is 9.41. The highest BCUT2D eigenvalue weighted by molar-refractivity contribution is 6.30. The predicted molar refractivity (Wildman–Crippen MR) is 60.1 cm³/mol. The summed E-state index contributed by atoms with van der Waals surface area (Å²) in [6.45, 7) is 4.42. The second-order valence-corrected chi connectivity index (χ2v) is 4.00. The van der Waals surface area contributed by atoms with Crippen LogP contribution >= 0.6 is 11.6 Å². The quantitative estimate of drug-likeness (QED) is 0.637. The van der Waals surface area contributed by atoms with Crippen LogP contribution in [0.25, 0.3) is 0 Å². The van der Waals surface area contributed by atoms with E-state index in [4.69, 9.17) is 11.6 Å². The normalized spacial score (nSPS) is 10.7. The molecule has 4 nitrogen and oxygen atoms in total. The first kappa shape index (κ1) is 11.9. The van der Waals surface area contributed by atoms with Gasteiger partial charge in [0.1, 0.15) is 0 Å². The Hall–Kier alpha value is -1.13. The third kappa shape index (κ3) is 3.49. The molecular formula is C10H13ClN2O2. The highest BCUT2D eigenvalue weighted by Gasteiger charge is 2.13. The summed E-state index contributed by atoms with van der Waals surface area (Å²) in [5, 5.41) is 14.3. The first-order valence-corrected chi connectivity index (χ1v) is 5.04. The Morgan fingerprint density at radius 3 is 2.73 bits per heavy atom. The van der Waals surface area contributed by atoms with E-state index in [9.17, 15) is 10.1 Å². The number of nitrogens with one attached hydrogen (secondary N) is 1. The molecule has 1 N–H and O–H groups in total. The van der Waals surface area contributed by atoms with Gasteiger partial charge in [-0.2, -0.15) is 0 Å². The van der Waals surface area contributed by atoms with Crippen molar-refractivity contribution < 1.29 is 4.92 Å². The molecule has 1 rings (SSSR count). The van der Waals surface area contributed by atoms with Crippen LogP contribution in [-0.4, -0.2) is 11.0 Å². The molecule has 5 heteroatoms. The largest absolute Gasteiger partial charge is 0.310 e. The molecule has 0 radical (unpaired) electrons. The summed E-state index contributed by atoms with van der Waals surface area (Å²) >= 11 is 5.79. The zero-order chi connectivity index (χ0) is 11.4. The van der Waals surface area contributed by atoms with E-state index in [0.29, 0.717) is 17.1 Å². The van der Waals surface area contributed by atoms with E-state index in [-0.39, 0.29) is 11.7 Å². The van der Waals surface area contributed by atoms with E-state index in [2.05, 4.69) is 5.32 Å². The number of hydrogen-bond donors (Lipinski definition) is 1. The second-order valence-electron chi connectivity index (χ2n) is 3.57. The Labute approximate surface area is 93.4 Å². The summed E-state index contributed by atoms with van der Waals surface area (Å²) in [5.74, 6) is 0. The van der Waals surface area contributed by atoms with Crippen LogP contribution in [0.15, 0.2) is 18.2 Å². The summed E-state index contributed by atoms with van der Waals surface area (Å²) < 4.78 is 0. The molecular weight excluding hydrogens is 216 g/mol. The molecule has 1 aromatic carbocycles. The van der Waals surface area contributed by atoms with Crippen LogP contribution in [0.2, 0.25) is 5.02 Å². The third-order valence-electron chi connectivity index (χ3n) is 1.94. The Morgan fingerprint density at radius 1 is 1.53 bits per heavy atom. The highest BCUT2D eigenvalue weighted by Crippen LogP contribution is 2.22. The summed E-state index contributed by atoms with van der Waals surface area (Å²) in [7, 11) is 0. The molecule has 0 aliphatic carbocycles. The van der Waals surface area contributed by atoms with Gasteiger partial charge < -0.3 is 5.32 Å². The number of nitro groups is 1. The molecule has 0 aromatic heterocycles. The lowest BCUT2D eigenvalue weighted by molar-refractivity contribution is -0.385. The lowest BCUT2D eigenvalue weighted by Gasteiger charge is -2.08. The van der Waals surface area contributed by atoms with E-state index >= 15 is 0 Å². The van der Waals surface area contributed by atoms with Crippen LogP contribution in [0.1, 0.15) is 19.4 Å². The summed E-state index contributed by atoms with van der Waals surface area (Å²) in [5.41, 5.74) is 0.716. The summed E-state index contributed by atoms with van der Waals surface area (Å²) in [4.78, 5) is 10.3. The van der Waals surface area contributed by atoms with E-state index in [1.807, 2.05) is 13.8 Å². The summed E-state index contributed by atoms with van der Waals surface area (Å²) in [6.07, 6.45) is 0. The van der Waals surface area contributed by atoms with Crippen molar-refractivity contribution in [3.63, 3.8) is 0 Å². The van der Waals surface area contributed by atoms with Crippen molar-refractivity contribution in [1.82, 2.24) is 5.32 Å². The first-order valence-electron chi connectivity index (χ1n) is 4.67. The SMILES string of the molecule is CC(C)NCc1cc(Cl)ccc1[N+](=O)[O-]. The number of hydrogen-bond acceptors (Lipinski definition) is 3. The Morgan fingerprint density at radius 2 is 2.20 bits per heavy atom. The molecule has 0 heterocycles. The number of halogens is 1. The topological polar surface area (TPSA) is 55.2 Å². The maximum Gasteiger partial charge on any atom is 0.273 e. The van der Waals surface area contributed by atoms with Gasteiger partial charge in [0.15, 0.2) is 0 Å². The van der Waals surface area contributed by atoms with Gasteiger partial charge in [0, 0.05) is 29.2 Å². The molecule has 15 heavy (non-hydrogen) atoms. The van der Waals surface area contributed by atoms with E-state index < -0.39 is 4.92 Å². The zero-order valence-electron chi connectivity index (χ0n) is 8.66. The van der Waals surface area contributed by atoms with E-state index in [0.717, 1.165) is 0 Å². The number of rotatable bonds is 4. The van der Waals surface area contributed by atoms with E-state index in [1.165, 1.54) is 12.1 Å². The fourth-order valence-corrected chi connectivity index (χ4v) is 1.38. The van der Waals surface area contributed by atoms with Crippen molar-refractivity contribution >= 4 is 17.3 Å². The van der Waals surface area contributed by atoms with Crippen LogP contribution in [0.5, 0.6) is 0 Å². The average Bonchev–Trinajstić information content (AvgIpc) is 2.14. The highest BCUT2D eigenvalue weighted by atomic mass is 35.5. The van der Waals surface area contributed by atoms with Crippen molar-refractivity contribution in [2.45, 2.75) is 26.4 Å². The third-order valence-corrected chi connectivity index (χ3v) is 2.17. The van der Waals surface area contributed by atoms with Crippen molar-refractivity contribution in [3.05, 3.63) is 38.9 Å². The van der Waals surface area contributed by atoms with Crippen LogP contribution in [-0.2, 0) is 6.54 Å². The standard InChI is InChI=1S/C10H13ClN2O2/c1-7(2)12-6-8-5-9(11)3-4-10(8)13(14)15/h3-5,7,12H,6H2,1-2H3. The van der Waals surface area contributed by atoms with Gasteiger partial charge in [-0.25, -0.2) is 0 Å². The average molecular weight is 229 g/mol. The molecule has 82 valence electrons. The maximum atomic E-state index is 10.7. The molecule has 0 atom stereocenters. The Balaban J connectivity index is 2.92. The molecule has 1 aromatic rings. The maximum absolute atomic E-state index is 10.7. The van der Waals surface area contributed by atoms with Gasteiger partial charge in [0.05, 0.1) is 4.92 Å². The minimum atomic E-state index is -0.395. The van der Waals surface area contributed by atoms with Crippen molar-refractivity contribution in [2.75, 3.05) is 0 Å². The first-order chi connectivity index (χ1) is 7.00. The lowest BCUT2D eigenvalue weighted by atomic mass is 10.1. The number of nitrogens with zero attached hydrogens (tertiary/aromatic N) is 1. The van der Waals surface area contributed by atoms with Gasteiger partial charge >= 0.3 is 0 Å². The molecule has 0 spiro atoms. The van der Waals surface area contributed by atoms with Gasteiger partial charge in [-0.3, -0.25) is 10.1 Å². The van der Waals surface area contributed by atoms with Gasteiger partial charge in [-0.1, -0.05) is 25.4 Å². The van der Waals surface area contributed by atoms with E-state index in [1.54, 1.807) is 6.07 Å². The predicted octanol–water partition coefficient (Wildman–Crippen LogP) is 2.75. The molecule has 0 amide bonds. The molecule has 0 bridgehead atoms. The minimum Gasteiger partial charge on any atom is -0.310 e. The molecule has 0 saturated carbocycles. The van der Waals surface area contributed by atoms with Gasteiger partial charge in [-0.05, 0) is 12.1 Å². The molecule has 0 fully saturated rings. The molecule has 0 unspecified atom stereocenters. The fraction of sp³-hybridized carbons (Fsp3) is 0.400. The lowest BCUT2D eigenvalue weighted by Crippen LogP contribution is -2.22. The molecule has 0 aliphatic rings. The monoisotopic (exact) mass is 228 g/mol. The number of nitro benzene ring substituents is 1. The van der Waals surface area contributed by atoms with Gasteiger partial charge in [0.25, 0.3) is 5.69 Å². The number of benzene rings is 1. The van der Waals surface area contributed by atoms with Crippen molar-refractivity contribution in [3.8, 4) is 0 Å². The molecule has 0 saturated heterocycles. The second kappa shape index (κ2) is 5.09.